The largest absolute Gasteiger partial charge is 0.436 e. The lowest BCUT2D eigenvalue weighted by molar-refractivity contribution is -0.133. The summed E-state index contributed by atoms with van der Waals surface area (Å²) >= 11 is 0. The van der Waals surface area contributed by atoms with E-state index in [4.69, 9.17) is 4.74 Å². The van der Waals surface area contributed by atoms with Crippen molar-refractivity contribution in [2.45, 2.75) is 32.7 Å². The molecule has 0 N–H and O–H groups in total. The van der Waals surface area contributed by atoms with E-state index >= 15 is 0 Å². The van der Waals surface area contributed by atoms with Crippen LogP contribution in [0.15, 0.2) is 54.6 Å². The molecule has 0 radical (unpaired) electrons. The summed E-state index contributed by atoms with van der Waals surface area (Å²) < 4.78 is 21.9. The van der Waals surface area contributed by atoms with Gasteiger partial charge in [-0.25, -0.2) is 9.07 Å². The minimum absolute atomic E-state index is 0.129. The van der Waals surface area contributed by atoms with Crippen molar-refractivity contribution in [3.63, 3.8) is 0 Å². The number of para-hydroxylation sites is 1. The van der Waals surface area contributed by atoms with Crippen LogP contribution in [-0.2, 0) is 18.4 Å². The molecule has 0 unspecified atom stereocenters. The normalized spacial score (nSPS) is 13.3. The number of benzene rings is 2. The highest BCUT2D eigenvalue weighted by Crippen LogP contribution is 2.37. The second-order valence-electron chi connectivity index (χ2n) is 7.69. The Kier molecular flexibility index (Phi) is 5.84. The van der Waals surface area contributed by atoms with Crippen molar-refractivity contribution >= 4 is 5.91 Å². The molecule has 1 amide bonds. The van der Waals surface area contributed by atoms with Crippen LogP contribution in [0, 0.1) is 11.7 Å². The lowest BCUT2D eigenvalue weighted by Gasteiger charge is -2.23. The van der Waals surface area contributed by atoms with Crippen LogP contribution in [0.5, 0.6) is 11.6 Å². The zero-order valence-corrected chi connectivity index (χ0v) is 17.3. The Hall–Kier alpha value is -3.15. The molecule has 0 saturated heterocycles. The molecule has 6 heteroatoms. The standard InChI is InChI=1S/C24H26FN3O2/c1-3-15-28(23(29)18-13-14-18)16-19-22(17-9-5-4-6-10-17)26-27(2)24(19)30-21-12-8-7-11-20(21)25/h4-12,18H,3,13-16H2,1-2H3. The van der Waals surface area contributed by atoms with E-state index in [0.29, 0.717) is 19.0 Å². The van der Waals surface area contributed by atoms with Gasteiger partial charge in [-0.05, 0) is 31.4 Å². The van der Waals surface area contributed by atoms with Gasteiger partial charge in [-0.3, -0.25) is 4.79 Å². The van der Waals surface area contributed by atoms with Gasteiger partial charge in [0.25, 0.3) is 0 Å². The molecule has 1 heterocycles. The quantitative estimate of drug-likeness (QED) is 0.518. The summed E-state index contributed by atoms with van der Waals surface area (Å²) in [7, 11) is 1.78. The summed E-state index contributed by atoms with van der Waals surface area (Å²) in [6, 6.07) is 16.1. The third-order valence-electron chi connectivity index (χ3n) is 5.26. The van der Waals surface area contributed by atoms with Crippen LogP contribution in [0.4, 0.5) is 4.39 Å². The number of halogens is 1. The number of amides is 1. The van der Waals surface area contributed by atoms with E-state index in [1.807, 2.05) is 35.2 Å². The third kappa shape index (κ3) is 4.22. The SMILES string of the molecule is CCCN(Cc1c(-c2ccccc2)nn(C)c1Oc1ccccc1F)C(=O)C1CC1. The Morgan fingerprint density at radius 2 is 1.87 bits per heavy atom. The van der Waals surface area contributed by atoms with Gasteiger partial charge in [0.15, 0.2) is 11.6 Å². The van der Waals surface area contributed by atoms with Crippen molar-refractivity contribution in [2.24, 2.45) is 13.0 Å². The first-order valence-electron chi connectivity index (χ1n) is 10.4. The number of aryl methyl sites for hydroxylation is 1. The molecule has 0 atom stereocenters. The van der Waals surface area contributed by atoms with E-state index in [-0.39, 0.29) is 17.6 Å². The van der Waals surface area contributed by atoms with E-state index < -0.39 is 5.82 Å². The maximum atomic E-state index is 14.3. The van der Waals surface area contributed by atoms with Crippen molar-refractivity contribution < 1.29 is 13.9 Å². The summed E-state index contributed by atoms with van der Waals surface area (Å²) in [4.78, 5) is 14.8. The summed E-state index contributed by atoms with van der Waals surface area (Å²) in [6.45, 7) is 3.11. The molecule has 5 nitrogen and oxygen atoms in total. The van der Waals surface area contributed by atoms with Crippen molar-refractivity contribution in [1.82, 2.24) is 14.7 Å². The Labute approximate surface area is 176 Å². The van der Waals surface area contributed by atoms with Gasteiger partial charge in [-0.2, -0.15) is 5.10 Å². The van der Waals surface area contributed by atoms with Gasteiger partial charge in [0.2, 0.25) is 11.8 Å². The average molecular weight is 407 g/mol. The number of hydrogen-bond acceptors (Lipinski definition) is 3. The summed E-state index contributed by atoms with van der Waals surface area (Å²) in [5, 5.41) is 4.67. The fraction of sp³-hybridized carbons (Fsp3) is 0.333. The number of rotatable bonds is 8. The topological polar surface area (TPSA) is 47.4 Å². The molecular formula is C24H26FN3O2. The van der Waals surface area contributed by atoms with Crippen LogP contribution in [0.25, 0.3) is 11.3 Å². The molecule has 1 aliphatic rings. The highest BCUT2D eigenvalue weighted by molar-refractivity contribution is 5.81. The summed E-state index contributed by atoms with van der Waals surface area (Å²) in [5.41, 5.74) is 2.46. The first-order chi connectivity index (χ1) is 14.6. The molecule has 2 aromatic carbocycles. The molecule has 156 valence electrons. The molecule has 1 aliphatic carbocycles. The van der Waals surface area contributed by atoms with Gasteiger partial charge in [-0.15, -0.1) is 0 Å². The van der Waals surface area contributed by atoms with Crippen molar-refractivity contribution in [3.8, 4) is 22.9 Å². The van der Waals surface area contributed by atoms with Crippen LogP contribution in [0.2, 0.25) is 0 Å². The van der Waals surface area contributed by atoms with Gasteiger partial charge < -0.3 is 9.64 Å². The first kappa shape index (κ1) is 20.1. The Balaban J connectivity index is 1.76. The summed E-state index contributed by atoms with van der Waals surface area (Å²) in [6.07, 6.45) is 2.77. The van der Waals surface area contributed by atoms with E-state index in [2.05, 4.69) is 12.0 Å². The van der Waals surface area contributed by atoms with Gasteiger partial charge in [0.1, 0.15) is 5.69 Å². The maximum absolute atomic E-state index is 14.3. The predicted octanol–water partition coefficient (Wildman–Crippen LogP) is 5.17. The predicted molar refractivity (Wildman–Crippen MR) is 114 cm³/mol. The van der Waals surface area contributed by atoms with Crippen LogP contribution < -0.4 is 4.74 Å². The highest BCUT2D eigenvalue weighted by Gasteiger charge is 2.34. The number of nitrogens with zero attached hydrogens (tertiary/aromatic N) is 3. The zero-order valence-electron chi connectivity index (χ0n) is 17.3. The fourth-order valence-electron chi connectivity index (χ4n) is 3.60. The lowest BCUT2D eigenvalue weighted by atomic mass is 10.1. The lowest BCUT2D eigenvalue weighted by Crippen LogP contribution is -2.32. The second kappa shape index (κ2) is 8.69. The number of carbonyl (C=O) groups excluding carboxylic acids is 1. The Morgan fingerprint density at radius 1 is 1.17 bits per heavy atom. The van der Waals surface area contributed by atoms with Gasteiger partial charge in [-0.1, -0.05) is 49.4 Å². The number of carbonyl (C=O) groups is 1. The van der Waals surface area contributed by atoms with Crippen LogP contribution >= 0.6 is 0 Å². The molecule has 1 aromatic heterocycles. The number of hydrogen-bond donors (Lipinski definition) is 0. The molecule has 0 spiro atoms. The van der Waals surface area contributed by atoms with Crippen molar-refractivity contribution in [1.29, 1.82) is 0 Å². The molecule has 4 rings (SSSR count). The van der Waals surface area contributed by atoms with Crippen LogP contribution in [0.3, 0.4) is 0 Å². The van der Waals surface area contributed by atoms with E-state index in [9.17, 15) is 9.18 Å². The molecule has 0 aliphatic heterocycles. The van der Waals surface area contributed by atoms with E-state index in [1.165, 1.54) is 6.07 Å². The smallest absolute Gasteiger partial charge is 0.225 e. The molecule has 1 fully saturated rings. The van der Waals surface area contributed by atoms with E-state index in [0.717, 1.165) is 36.1 Å². The minimum atomic E-state index is -0.439. The van der Waals surface area contributed by atoms with Crippen molar-refractivity contribution in [3.05, 3.63) is 66.0 Å². The second-order valence-corrected chi connectivity index (χ2v) is 7.69. The molecular weight excluding hydrogens is 381 g/mol. The Morgan fingerprint density at radius 3 is 2.53 bits per heavy atom. The monoisotopic (exact) mass is 407 g/mol. The summed E-state index contributed by atoms with van der Waals surface area (Å²) in [5.74, 6) is 0.451. The van der Waals surface area contributed by atoms with Gasteiger partial charge in [0.05, 0.1) is 12.1 Å². The highest BCUT2D eigenvalue weighted by atomic mass is 19.1. The number of aromatic nitrogens is 2. The van der Waals surface area contributed by atoms with Crippen LogP contribution in [0.1, 0.15) is 31.7 Å². The van der Waals surface area contributed by atoms with Gasteiger partial charge in [0, 0.05) is 25.1 Å². The third-order valence-corrected chi connectivity index (χ3v) is 5.26. The average Bonchev–Trinajstić information content (AvgIpc) is 3.56. The van der Waals surface area contributed by atoms with E-state index in [1.54, 1.807) is 29.9 Å². The minimum Gasteiger partial charge on any atom is -0.436 e. The van der Waals surface area contributed by atoms with Gasteiger partial charge >= 0.3 is 0 Å². The molecule has 0 bridgehead atoms. The maximum Gasteiger partial charge on any atom is 0.225 e. The Bertz CT molecular complexity index is 1030. The van der Waals surface area contributed by atoms with Crippen LogP contribution in [-0.4, -0.2) is 27.1 Å². The fourth-order valence-corrected chi connectivity index (χ4v) is 3.60. The molecule has 1 saturated carbocycles. The zero-order chi connectivity index (χ0) is 21.1. The molecule has 30 heavy (non-hydrogen) atoms. The molecule has 3 aromatic rings. The van der Waals surface area contributed by atoms with Crippen molar-refractivity contribution in [2.75, 3.05) is 6.54 Å². The first-order valence-corrected chi connectivity index (χ1v) is 10.4. The number of ether oxygens (including phenoxy) is 1.